The molecular weight excluding hydrogens is 460 g/mol. The summed E-state index contributed by atoms with van der Waals surface area (Å²) in [7, 11) is 4.08. The number of ether oxygens (including phenoxy) is 2. The van der Waals surface area contributed by atoms with Crippen molar-refractivity contribution in [1.29, 1.82) is 0 Å². The van der Waals surface area contributed by atoms with Crippen molar-refractivity contribution in [2.75, 3.05) is 27.2 Å². The molecule has 1 amide bonds. The van der Waals surface area contributed by atoms with Crippen LogP contribution in [0.5, 0.6) is 0 Å². The van der Waals surface area contributed by atoms with Crippen LogP contribution in [-0.2, 0) is 14.3 Å². The Morgan fingerprint density at radius 2 is 1.73 bits per heavy atom. The van der Waals surface area contributed by atoms with Gasteiger partial charge in [0.25, 0.3) is 0 Å². The summed E-state index contributed by atoms with van der Waals surface area (Å²) in [6, 6.07) is 0.382. The lowest BCUT2D eigenvalue weighted by Crippen LogP contribution is -2.56. The molecule has 210 valence electrons. The van der Waals surface area contributed by atoms with E-state index in [1.165, 1.54) is 51.4 Å². The monoisotopic (exact) mass is 514 g/mol. The quantitative estimate of drug-likeness (QED) is 0.510. The Morgan fingerprint density at radius 3 is 2.46 bits per heavy atom. The van der Waals surface area contributed by atoms with Gasteiger partial charge < -0.3 is 19.7 Å². The average Bonchev–Trinajstić information content (AvgIpc) is 3.30. The van der Waals surface area contributed by atoms with Crippen LogP contribution in [0.3, 0.4) is 0 Å². The first-order valence-electron chi connectivity index (χ1n) is 15.8. The highest BCUT2D eigenvalue weighted by atomic mass is 16.7. The van der Waals surface area contributed by atoms with E-state index in [0.29, 0.717) is 47.2 Å². The van der Waals surface area contributed by atoms with Gasteiger partial charge in [-0.05, 0) is 118 Å². The summed E-state index contributed by atoms with van der Waals surface area (Å²) >= 11 is 0. The highest BCUT2D eigenvalue weighted by Crippen LogP contribution is 2.71. The van der Waals surface area contributed by atoms with E-state index in [1.807, 2.05) is 14.1 Å². The van der Waals surface area contributed by atoms with Gasteiger partial charge in [-0.2, -0.15) is 0 Å². The first kappa shape index (κ1) is 26.6. The topological polar surface area (TPSA) is 50.8 Å². The van der Waals surface area contributed by atoms with Gasteiger partial charge in [-0.25, -0.2) is 0 Å². The number of nitrogens with one attached hydrogen (secondary N) is 1. The van der Waals surface area contributed by atoms with E-state index in [0.717, 1.165) is 49.7 Å². The number of rotatable bonds is 4. The smallest absolute Gasteiger partial charge is 0.221 e. The molecule has 5 nitrogen and oxygen atoms in total. The van der Waals surface area contributed by atoms with E-state index in [2.05, 4.69) is 37.9 Å². The summed E-state index contributed by atoms with van der Waals surface area (Å²) < 4.78 is 13.5. The molecule has 4 saturated carbocycles. The molecule has 4 aliphatic carbocycles. The summed E-state index contributed by atoms with van der Waals surface area (Å²) in [4.78, 5) is 14.6. The fourth-order valence-corrected chi connectivity index (χ4v) is 11.0. The third-order valence-electron chi connectivity index (χ3n) is 13.1. The van der Waals surface area contributed by atoms with Crippen LogP contribution < -0.4 is 5.32 Å². The molecule has 1 spiro atoms. The van der Waals surface area contributed by atoms with Crippen LogP contribution in [-0.4, -0.2) is 56.0 Å². The molecule has 37 heavy (non-hydrogen) atoms. The first-order chi connectivity index (χ1) is 17.6. The van der Waals surface area contributed by atoms with E-state index in [9.17, 15) is 4.79 Å². The molecule has 6 rings (SSSR count). The van der Waals surface area contributed by atoms with Crippen molar-refractivity contribution >= 4 is 5.91 Å². The number of fused-ring (bicyclic) bond motifs is 7. The maximum atomic E-state index is 12.5. The maximum absolute atomic E-state index is 12.5. The Balaban J connectivity index is 1.13. The fourth-order valence-electron chi connectivity index (χ4n) is 11.0. The minimum atomic E-state index is -0.300. The highest BCUT2D eigenvalue weighted by Gasteiger charge is 2.69. The molecule has 0 aromatic rings. The van der Waals surface area contributed by atoms with Gasteiger partial charge in [0.15, 0.2) is 5.79 Å². The van der Waals surface area contributed by atoms with E-state index < -0.39 is 0 Å². The van der Waals surface area contributed by atoms with Crippen LogP contribution in [0.4, 0.5) is 0 Å². The van der Waals surface area contributed by atoms with Crippen molar-refractivity contribution < 1.29 is 14.3 Å². The number of carbonyl (C=O) groups is 1. The van der Waals surface area contributed by atoms with E-state index in [4.69, 9.17) is 9.47 Å². The van der Waals surface area contributed by atoms with Gasteiger partial charge in [-0.3, -0.25) is 4.79 Å². The summed E-state index contributed by atoms with van der Waals surface area (Å²) in [5.74, 6) is 5.06. The Labute approximate surface area is 226 Å². The molecule has 2 saturated heterocycles. The van der Waals surface area contributed by atoms with E-state index in [1.54, 1.807) is 0 Å². The first-order valence-corrected chi connectivity index (χ1v) is 15.8. The van der Waals surface area contributed by atoms with Crippen molar-refractivity contribution in [2.45, 2.75) is 116 Å². The van der Waals surface area contributed by atoms with Crippen molar-refractivity contribution in [1.82, 2.24) is 10.2 Å². The van der Waals surface area contributed by atoms with Crippen LogP contribution in [0.25, 0.3) is 0 Å². The largest absolute Gasteiger partial charge is 0.353 e. The number of amides is 1. The summed E-state index contributed by atoms with van der Waals surface area (Å²) in [6.45, 7) is 11.8. The lowest BCUT2D eigenvalue weighted by molar-refractivity contribution is -0.273. The van der Waals surface area contributed by atoms with Gasteiger partial charge in [0.2, 0.25) is 5.91 Å². The zero-order valence-electron chi connectivity index (χ0n) is 24.6. The van der Waals surface area contributed by atoms with Gasteiger partial charge in [0, 0.05) is 31.3 Å². The normalized spacial score (nSPS) is 52.9. The lowest BCUT2D eigenvalue weighted by Gasteiger charge is -2.61. The summed E-state index contributed by atoms with van der Waals surface area (Å²) in [6.07, 6.45) is 13.7. The predicted octanol–water partition coefficient (Wildman–Crippen LogP) is 5.87. The van der Waals surface area contributed by atoms with Crippen LogP contribution in [0.15, 0.2) is 0 Å². The minimum absolute atomic E-state index is 0.241. The van der Waals surface area contributed by atoms with Gasteiger partial charge in [-0.1, -0.05) is 27.7 Å². The third-order valence-corrected chi connectivity index (χ3v) is 13.1. The van der Waals surface area contributed by atoms with Gasteiger partial charge in [0.1, 0.15) is 0 Å². The van der Waals surface area contributed by atoms with Crippen LogP contribution >= 0.6 is 0 Å². The molecule has 1 N–H and O–H groups in total. The molecule has 2 aliphatic heterocycles. The number of carbonyl (C=O) groups excluding carboxylic acids is 1. The molecule has 12 atom stereocenters. The minimum Gasteiger partial charge on any atom is -0.353 e. The Morgan fingerprint density at radius 1 is 0.946 bits per heavy atom. The molecular formula is C32H54N2O3. The molecule has 0 unspecified atom stereocenters. The second-order valence-electron chi connectivity index (χ2n) is 15.3. The van der Waals surface area contributed by atoms with E-state index in [-0.39, 0.29) is 11.7 Å². The van der Waals surface area contributed by atoms with E-state index >= 15 is 0 Å². The third kappa shape index (κ3) is 4.24. The van der Waals surface area contributed by atoms with Crippen molar-refractivity contribution in [3.8, 4) is 0 Å². The Hall–Kier alpha value is -0.650. The van der Waals surface area contributed by atoms with Crippen molar-refractivity contribution in [3.05, 3.63) is 0 Å². The maximum Gasteiger partial charge on any atom is 0.221 e. The SMILES string of the molecule is C[C@@H]1CC[C@@]2(OC1)O[C@H]1C[C@H]3[C@@H]4CC[C@H]5C[C@@H](NC(=O)CCN(C)C)CC[C@]5(C)[C@H]4CC[C@]3(C)[C@H]1[C@@H]2C. The van der Waals surface area contributed by atoms with Crippen LogP contribution in [0.2, 0.25) is 0 Å². The standard InChI is InChI=1S/C32H54N2O3/c1-20-9-15-32(36-19-20)21(2)29-27(37-32)18-26-24-8-7-22-17-23(33-28(35)12-16-34(5)6)10-13-30(22,3)25(24)11-14-31(26,29)4/h20-27,29H,7-19H2,1-6H3,(H,33,35)/t20-,21+,22+,23+,24-,25+,26+,27+,29+,30+,31+,32-/m1/s1. The zero-order chi connectivity index (χ0) is 26.2. The zero-order valence-corrected chi connectivity index (χ0v) is 24.6. The number of hydrogen-bond donors (Lipinski definition) is 1. The molecule has 6 fully saturated rings. The second kappa shape index (κ2) is 9.47. The second-order valence-corrected chi connectivity index (χ2v) is 15.3. The number of hydrogen-bond acceptors (Lipinski definition) is 4. The predicted molar refractivity (Wildman–Crippen MR) is 147 cm³/mol. The summed E-state index contributed by atoms with van der Waals surface area (Å²) in [5.41, 5.74) is 0.852. The van der Waals surface area contributed by atoms with Gasteiger partial charge >= 0.3 is 0 Å². The molecule has 0 bridgehead atoms. The lowest BCUT2D eigenvalue weighted by atomic mass is 9.44. The fraction of sp³-hybridized carbons (Fsp3) is 0.969. The molecule has 5 heteroatoms. The van der Waals surface area contributed by atoms with Crippen molar-refractivity contribution in [3.63, 3.8) is 0 Å². The van der Waals surface area contributed by atoms with Crippen molar-refractivity contribution in [2.24, 2.45) is 52.3 Å². The average molecular weight is 515 g/mol. The Bertz CT molecular complexity index is 868. The van der Waals surface area contributed by atoms with Crippen LogP contribution in [0.1, 0.15) is 98.3 Å². The van der Waals surface area contributed by atoms with Gasteiger partial charge in [-0.15, -0.1) is 0 Å². The molecule has 0 radical (unpaired) electrons. The highest BCUT2D eigenvalue weighted by molar-refractivity contribution is 5.76. The molecule has 0 aromatic heterocycles. The Kier molecular flexibility index (Phi) is 6.80. The molecule has 0 aromatic carbocycles. The summed E-state index contributed by atoms with van der Waals surface area (Å²) in [5, 5.41) is 3.41. The molecule has 2 heterocycles. The molecule has 6 aliphatic rings. The number of nitrogens with zero attached hydrogens (tertiary/aromatic N) is 1. The van der Waals surface area contributed by atoms with Crippen LogP contribution in [0, 0.1) is 52.3 Å². The van der Waals surface area contributed by atoms with Gasteiger partial charge in [0.05, 0.1) is 12.7 Å².